The number of hydrogen-bond acceptors (Lipinski definition) is 2. The molecule has 0 unspecified atom stereocenters. The molecule has 1 amide bonds. The number of carbonyl (C=O) groups excluding carboxylic acids is 1. The largest absolute Gasteiger partial charge is 0.389 e. The maximum atomic E-state index is 12.0. The summed E-state index contributed by atoms with van der Waals surface area (Å²) in [6.07, 6.45) is 5.39. The van der Waals surface area contributed by atoms with E-state index < -0.39 is 0 Å². The van der Waals surface area contributed by atoms with E-state index >= 15 is 0 Å². The van der Waals surface area contributed by atoms with Gasteiger partial charge in [0.25, 0.3) is 0 Å². The zero-order chi connectivity index (χ0) is 13.8. The van der Waals surface area contributed by atoms with Crippen LogP contribution in [0.4, 0.5) is 5.69 Å². The molecule has 0 bridgehead atoms. The Labute approximate surface area is 127 Å². The van der Waals surface area contributed by atoms with Crippen molar-refractivity contribution in [3.63, 3.8) is 0 Å². The summed E-state index contributed by atoms with van der Waals surface area (Å²) in [6.45, 7) is 0. The summed E-state index contributed by atoms with van der Waals surface area (Å²) in [5, 5.41) is 2.92. The van der Waals surface area contributed by atoms with E-state index in [9.17, 15) is 4.79 Å². The minimum atomic E-state index is 0.0440. The first-order chi connectivity index (χ1) is 9.06. The minimum Gasteiger partial charge on any atom is -0.389 e. The molecule has 0 atom stereocenters. The van der Waals surface area contributed by atoms with Gasteiger partial charge in [-0.2, -0.15) is 0 Å². The molecule has 1 aromatic rings. The zero-order valence-corrected chi connectivity index (χ0v) is 13.0. The highest BCUT2D eigenvalue weighted by Crippen LogP contribution is 2.28. The summed E-state index contributed by atoms with van der Waals surface area (Å²) in [5.41, 5.74) is 7.06. The van der Waals surface area contributed by atoms with E-state index in [1.807, 2.05) is 18.2 Å². The second-order valence-corrected chi connectivity index (χ2v) is 6.31. The molecule has 0 spiro atoms. The van der Waals surface area contributed by atoms with Gasteiger partial charge in [0.1, 0.15) is 4.99 Å². The zero-order valence-electron chi connectivity index (χ0n) is 10.6. The van der Waals surface area contributed by atoms with Crippen molar-refractivity contribution < 1.29 is 4.79 Å². The highest BCUT2D eigenvalue weighted by molar-refractivity contribution is 9.10. The smallest absolute Gasteiger partial charge is 0.224 e. The van der Waals surface area contributed by atoms with E-state index in [2.05, 4.69) is 21.2 Å². The van der Waals surface area contributed by atoms with Gasteiger partial charge in [-0.25, -0.2) is 0 Å². The third-order valence-corrected chi connectivity index (χ3v) is 4.18. The normalized spacial score (nSPS) is 15.4. The molecular weight excluding hydrogens is 324 g/mol. The van der Waals surface area contributed by atoms with Crippen LogP contribution in [-0.2, 0) is 4.79 Å². The summed E-state index contributed by atoms with van der Waals surface area (Å²) < 4.78 is 0.892. The molecule has 1 aliphatic carbocycles. The molecule has 0 aliphatic heterocycles. The molecular formula is C14H17BrN2OS. The Kier molecular flexibility index (Phi) is 4.93. The third-order valence-electron chi connectivity index (χ3n) is 3.47. The van der Waals surface area contributed by atoms with Gasteiger partial charge in [0.15, 0.2) is 0 Å². The average molecular weight is 341 g/mol. The Hall–Kier alpha value is -0.940. The first kappa shape index (κ1) is 14.5. The Morgan fingerprint density at radius 2 is 2.11 bits per heavy atom. The SMILES string of the molecule is NC(=S)c1ccc(Br)cc1NC(=O)CC1CCCC1. The minimum absolute atomic E-state index is 0.0440. The molecule has 1 aliphatic rings. The predicted octanol–water partition coefficient (Wildman–Crippen LogP) is 3.60. The Bertz CT molecular complexity index is 498. The van der Waals surface area contributed by atoms with Gasteiger partial charge >= 0.3 is 0 Å². The standard InChI is InChI=1S/C14H17BrN2OS/c15-10-5-6-11(14(16)19)12(8-10)17-13(18)7-9-3-1-2-4-9/h5-6,8-9H,1-4,7H2,(H2,16,19)(H,17,18). The fourth-order valence-electron chi connectivity index (χ4n) is 2.51. The lowest BCUT2D eigenvalue weighted by atomic mass is 10.0. The van der Waals surface area contributed by atoms with Crippen molar-refractivity contribution in [2.24, 2.45) is 11.7 Å². The van der Waals surface area contributed by atoms with Crippen LogP contribution in [0.3, 0.4) is 0 Å². The molecule has 2 rings (SSSR count). The lowest BCUT2D eigenvalue weighted by Gasteiger charge is -2.13. The molecule has 0 heterocycles. The molecule has 1 fully saturated rings. The van der Waals surface area contributed by atoms with Crippen LogP contribution in [0.1, 0.15) is 37.7 Å². The van der Waals surface area contributed by atoms with E-state index in [0.717, 1.165) is 17.3 Å². The number of benzene rings is 1. The number of halogens is 1. The van der Waals surface area contributed by atoms with Crippen LogP contribution < -0.4 is 11.1 Å². The monoisotopic (exact) mass is 340 g/mol. The maximum Gasteiger partial charge on any atom is 0.224 e. The van der Waals surface area contributed by atoms with Crippen molar-refractivity contribution in [1.29, 1.82) is 0 Å². The van der Waals surface area contributed by atoms with E-state index in [0.29, 0.717) is 28.6 Å². The van der Waals surface area contributed by atoms with Gasteiger partial charge in [-0.1, -0.05) is 41.0 Å². The van der Waals surface area contributed by atoms with Crippen molar-refractivity contribution in [1.82, 2.24) is 0 Å². The fraction of sp³-hybridized carbons (Fsp3) is 0.429. The summed E-state index contributed by atoms with van der Waals surface area (Å²) in [7, 11) is 0. The summed E-state index contributed by atoms with van der Waals surface area (Å²) >= 11 is 8.39. The summed E-state index contributed by atoms with van der Waals surface area (Å²) in [4.78, 5) is 12.3. The van der Waals surface area contributed by atoms with E-state index in [1.165, 1.54) is 12.8 Å². The Morgan fingerprint density at radius 1 is 1.42 bits per heavy atom. The lowest BCUT2D eigenvalue weighted by molar-refractivity contribution is -0.117. The molecule has 102 valence electrons. The number of nitrogens with one attached hydrogen (secondary N) is 1. The van der Waals surface area contributed by atoms with Crippen LogP contribution in [0.25, 0.3) is 0 Å². The highest BCUT2D eigenvalue weighted by atomic mass is 79.9. The molecule has 0 aromatic heterocycles. The van der Waals surface area contributed by atoms with Gasteiger partial charge in [-0.15, -0.1) is 0 Å². The second kappa shape index (κ2) is 6.48. The molecule has 3 N–H and O–H groups in total. The third kappa shape index (κ3) is 4.01. The molecule has 3 nitrogen and oxygen atoms in total. The highest BCUT2D eigenvalue weighted by Gasteiger charge is 2.19. The molecule has 1 saturated carbocycles. The number of amides is 1. The van der Waals surface area contributed by atoms with Crippen molar-refractivity contribution in [3.05, 3.63) is 28.2 Å². The molecule has 0 saturated heterocycles. The van der Waals surface area contributed by atoms with Gasteiger partial charge in [-0.3, -0.25) is 4.79 Å². The number of thiocarbonyl (C=S) groups is 1. The van der Waals surface area contributed by atoms with E-state index in [4.69, 9.17) is 18.0 Å². The molecule has 0 radical (unpaired) electrons. The number of carbonyl (C=O) groups is 1. The van der Waals surface area contributed by atoms with Gasteiger partial charge in [0, 0.05) is 16.5 Å². The molecule has 19 heavy (non-hydrogen) atoms. The van der Waals surface area contributed by atoms with Crippen LogP contribution in [-0.4, -0.2) is 10.9 Å². The predicted molar refractivity (Wildman–Crippen MR) is 85.2 cm³/mol. The molecule has 5 heteroatoms. The van der Waals surface area contributed by atoms with Crippen LogP contribution in [0, 0.1) is 5.92 Å². The summed E-state index contributed by atoms with van der Waals surface area (Å²) in [6, 6.07) is 5.51. The van der Waals surface area contributed by atoms with Crippen molar-refractivity contribution >= 4 is 44.7 Å². The van der Waals surface area contributed by atoms with Crippen molar-refractivity contribution in [2.75, 3.05) is 5.32 Å². The first-order valence-corrected chi connectivity index (χ1v) is 7.65. The van der Waals surface area contributed by atoms with Crippen LogP contribution in [0.15, 0.2) is 22.7 Å². The fourth-order valence-corrected chi connectivity index (χ4v) is 3.05. The second-order valence-electron chi connectivity index (χ2n) is 4.96. The topological polar surface area (TPSA) is 55.1 Å². The van der Waals surface area contributed by atoms with Gasteiger partial charge < -0.3 is 11.1 Å². The maximum absolute atomic E-state index is 12.0. The van der Waals surface area contributed by atoms with Gasteiger partial charge in [-0.05, 0) is 37.0 Å². The number of rotatable bonds is 4. The Morgan fingerprint density at radius 3 is 2.74 bits per heavy atom. The van der Waals surface area contributed by atoms with Gasteiger partial charge in [0.05, 0.1) is 5.69 Å². The first-order valence-electron chi connectivity index (χ1n) is 6.45. The molecule has 1 aromatic carbocycles. The van der Waals surface area contributed by atoms with Crippen molar-refractivity contribution in [2.45, 2.75) is 32.1 Å². The van der Waals surface area contributed by atoms with E-state index in [-0.39, 0.29) is 5.91 Å². The number of hydrogen-bond donors (Lipinski definition) is 2. The number of anilines is 1. The van der Waals surface area contributed by atoms with E-state index in [1.54, 1.807) is 0 Å². The van der Waals surface area contributed by atoms with Crippen LogP contribution >= 0.6 is 28.1 Å². The van der Waals surface area contributed by atoms with Crippen molar-refractivity contribution in [3.8, 4) is 0 Å². The summed E-state index contributed by atoms with van der Waals surface area (Å²) in [5.74, 6) is 0.572. The Balaban J connectivity index is 2.06. The quantitative estimate of drug-likeness (QED) is 0.823. The van der Waals surface area contributed by atoms with Crippen LogP contribution in [0.2, 0.25) is 0 Å². The number of nitrogens with two attached hydrogens (primary N) is 1. The van der Waals surface area contributed by atoms with Crippen LogP contribution in [0.5, 0.6) is 0 Å². The van der Waals surface area contributed by atoms with Gasteiger partial charge in [0.2, 0.25) is 5.91 Å². The average Bonchev–Trinajstić information content (AvgIpc) is 2.81. The lowest BCUT2D eigenvalue weighted by Crippen LogP contribution is -2.19.